The number of amides is 3. The molecule has 3 heterocycles. The van der Waals surface area contributed by atoms with Crippen LogP contribution < -0.4 is 10.2 Å². The molecule has 2 unspecified atom stereocenters. The fourth-order valence-corrected chi connectivity index (χ4v) is 5.95. The zero-order valence-corrected chi connectivity index (χ0v) is 22.4. The Hall–Kier alpha value is -3.62. The van der Waals surface area contributed by atoms with Crippen molar-refractivity contribution in [2.75, 3.05) is 44.7 Å². The predicted octanol–water partition coefficient (Wildman–Crippen LogP) is 3.71. The number of fused-ring (bicyclic) bond motifs is 2. The van der Waals surface area contributed by atoms with Gasteiger partial charge in [-0.2, -0.15) is 0 Å². The molecule has 0 aliphatic carbocycles. The quantitative estimate of drug-likeness (QED) is 0.544. The lowest BCUT2D eigenvalue weighted by molar-refractivity contribution is -0.127. The molecule has 196 valence electrons. The van der Waals surface area contributed by atoms with Crippen LogP contribution in [0.25, 0.3) is 10.8 Å². The Balaban J connectivity index is 1.24. The van der Waals surface area contributed by atoms with Crippen LogP contribution in [0.3, 0.4) is 0 Å². The van der Waals surface area contributed by atoms with E-state index in [4.69, 9.17) is 16.6 Å². The van der Waals surface area contributed by atoms with Gasteiger partial charge in [-0.15, -0.1) is 0 Å². The lowest BCUT2D eigenvalue weighted by atomic mass is 10.0. The monoisotopic (exact) mass is 530 g/mol. The first kappa shape index (κ1) is 24.7. The average molecular weight is 531 g/mol. The molecule has 2 fully saturated rings. The van der Waals surface area contributed by atoms with E-state index in [0.29, 0.717) is 13.1 Å². The summed E-state index contributed by atoms with van der Waals surface area (Å²) in [7, 11) is 1.70. The van der Waals surface area contributed by atoms with Crippen molar-refractivity contribution in [2.24, 2.45) is 4.99 Å². The van der Waals surface area contributed by atoms with E-state index in [2.05, 4.69) is 63.3 Å². The molecule has 3 aliphatic rings. The van der Waals surface area contributed by atoms with Gasteiger partial charge >= 0.3 is 6.03 Å². The summed E-state index contributed by atoms with van der Waals surface area (Å²) in [5.41, 5.74) is 3.52. The van der Waals surface area contributed by atoms with E-state index in [1.165, 1.54) is 16.2 Å². The van der Waals surface area contributed by atoms with E-state index in [1.54, 1.807) is 7.05 Å². The topological polar surface area (TPSA) is 71.5 Å². The second kappa shape index (κ2) is 9.93. The second-order valence-electron chi connectivity index (χ2n) is 10.3. The zero-order chi connectivity index (χ0) is 26.4. The fourth-order valence-electron chi connectivity index (χ4n) is 5.79. The van der Waals surface area contributed by atoms with Crippen molar-refractivity contribution in [1.29, 1.82) is 0 Å². The number of aliphatic imine (C=N–C) groups is 1. The molecule has 38 heavy (non-hydrogen) atoms. The normalized spacial score (nSPS) is 22.1. The molecule has 0 bridgehead atoms. The molecule has 0 saturated carbocycles. The number of carbonyl (C=O) groups excluding carboxylic acids is 2. The summed E-state index contributed by atoms with van der Waals surface area (Å²) < 4.78 is 0. The van der Waals surface area contributed by atoms with Crippen molar-refractivity contribution in [2.45, 2.75) is 25.7 Å². The summed E-state index contributed by atoms with van der Waals surface area (Å²) in [4.78, 5) is 38.8. The highest BCUT2D eigenvalue weighted by Gasteiger charge is 2.48. The fraction of sp³-hybridized carbons (Fsp3) is 0.345. The van der Waals surface area contributed by atoms with Gasteiger partial charge in [0, 0.05) is 50.5 Å². The average Bonchev–Trinajstić information content (AvgIpc) is 3.27. The summed E-state index contributed by atoms with van der Waals surface area (Å²) in [6.07, 6.45) is -0.531. The van der Waals surface area contributed by atoms with Crippen LogP contribution in [-0.2, 0) is 11.3 Å². The van der Waals surface area contributed by atoms with E-state index in [-0.39, 0.29) is 5.91 Å². The number of anilines is 1. The molecule has 3 aliphatic heterocycles. The molecule has 8 nitrogen and oxygen atoms in total. The van der Waals surface area contributed by atoms with E-state index >= 15 is 0 Å². The predicted molar refractivity (Wildman–Crippen MR) is 151 cm³/mol. The van der Waals surface area contributed by atoms with Gasteiger partial charge in [0.2, 0.25) is 0 Å². The first-order chi connectivity index (χ1) is 18.4. The van der Waals surface area contributed by atoms with Crippen LogP contribution in [0, 0.1) is 6.92 Å². The van der Waals surface area contributed by atoms with E-state index in [0.717, 1.165) is 53.4 Å². The Kier molecular flexibility index (Phi) is 6.45. The summed E-state index contributed by atoms with van der Waals surface area (Å²) in [6.45, 7) is 6.76. The van der Waals surface area contributed by atoms with Crippen LogP contribution in [-0.4, -0.2) is 84.5 Å². The van der Waals surface area contributed by atoms with Crippen LogP contribution >= 0.6 is 11.6 Å². The van der Waals surface area contributed by atoms with Crippen LogP contribution in [0.2, 0.25) is 5.02 Å². The van der Waals surface area contributed by atoms with Gasteiger partial charge in [-0.05, 0) is 41.0 Å². The first-order valence-electron chi connectivity index (χ1n) is 13.0. The third kappa shape index (κ3) is 4.48. The van der Waals surface area contributed by atoms with Gasteiger partial charge in [0.05, 0.1) is 6.54 Å². The number of imide groups is 1. The number of aryl methyl sites for hydroxylation is 1. The van der Waals surface area contributed by atoms with Gasteiger partial charge < -0.3 is 14.7 Å². The largest absolute Gasteiger partial charge is 0.369 e. The second-order valence-corrected chi connectivity index (χ2v) is 10.7. The number of rotatable bonds is 5. The Morgan fingerprint density at radius 1 is 0.974 bits per heavy atom. The molecule has 0 radical (unpaired) electrons. The zero-order valence-electron chi connectivity index (χ0n) is 21.6. The molecule has 9 heteroatoms. The number of nitrogens with one attached hydrogen (secondary N) is 1. The van der Waals surface area contributed by atoms with Gasteiger partial charge in [-0.1, -0.05) is 60.1 Å². The van der Waals surface area contributed by atoms with Crippen molar-refractivity contribution in [1.82, 2.24) is 20.0 Å². The number of hydrogen-bond donors (Lipinski definition) is 1. The third-order valence-corrected chi connectivity index (χ3v) is 8.15. The number of piperazine rings is 1. The standard InChI is InChI=1S/C29H31ClN6O2/c1-19-10-11-22(30)16-24(19)35-14-12-34(13-15-35)18-25-31-27-26(28(37)32-29(38)33(27)2)36(25)17-21-8-5-7-20-6-3-4-9-23(20)21/h3-11,16,26-27H,12-15,17-18H2,1-2H3,(H,32,37,38). The molecular weight excluding hydrogens is 500 g/mol. The number of halogens is 1. The molecule has 3 aromatic rings. The van der Waals surface area contributed by atoms with Gasteiger partial charge in [-0.3, -0.25) is 15.0 Å². The van der Waals surface area contributed by atoms with Gasteiger partial charge in [-0.25, -0.2) is 9.79 Å². The number of amidine groups is 1. The smallest absolute Gasteiger partial charge is 0.325 e. The maximum absolute atomic E-state index is 13.1. The summed E-state index contributed by atoms with van der Waals surface area (Å²) in [5.74, 6) is 0.551. The van der Waals surface area contributed by atoms with Crippen molar-refractivity contribution >= 4 is 45.8 Å². The summed E-state index contributed by atoms with van der Waals surface area (Å²) >= 11 is 6.27. The van der Waals surface area contributed by atoms with E-state index < -0.39 is 18.2 Å². The first-order valence-corrected chi connectivity index (χ1v) is 13.4. The molecule has 2 atom stereocenters. The van der Waals surface area contributed by atoms with Gasteiger partial charge in [0.15, 0.2) is 12.2 Å². The molecule has 3 amide bonds. The Morgan fingerprint density at radius 3 is 2.55 bits per heavy atom. The molecule has 0 aromatic heterocycles. The Morgan fingerprint density at radius 2 is 1.74 bits per heavy atom. The minimum absolute atomic E-state index is 0.293. The third-order valence-electron chi connectivity index (χ3n) is 7.92. The Labute approximate surface area is 227 Å². The lowest BCUT2D eigenvalue weighted by Crippen LogP contribution is -2.63. The number of urea groups is 1. The van der Waals surface area contributed by atoms with Crippen LogP contribution in [0.15, 0.2) is 65.7 Å². The Bertz CT molecular complexity index is 1430. The van der Waals surface area contributed by atoms with E-state index in [9.17, 15) is 9.59 Å². The highest BCUT2D eigenvalue weighted by Crippen LogP contribution is 2.30. The maximum Gasteiger partial charge on any atom is 0.325 e. The molecule has 0 spiro atoms. The molecule has 1 N–H and O–H groups in total. The van der Waals surface area contributed by atoms with Gasteiger partial charge in [0.25, 0.3) is 5.91 Å². The van der Waals surface area contributed by atoms with Gasteiger partial charge in [0.1, 0.15) is 5.84 Å². The lowest BCUT2D eigenvalue weighted by Gasteiger charge is -2.39. The summed E-state index contributed by atoms with van der Waals surface area (Å²) in [5, 5.41) is 5.58. The maximum atomic E-state index is 13.1. The van der Waals surface area contributed by atoms with Crippen molar-refractivity contribution in [3.05, 3.63) is 76.8 Å². The van der Waals surface area contributed by atoms with E-state index in [1.807, 2.05) is 24.3 Å². The summed E-state index contributed by atoms with van der Waals surface area (Å²) in [6, 6.07) is 19.6. The van der Waals surface area contributed by atoms with Crippen molar-refractivity contribution < 1.29 is 9.59 Å². The SMILES string of the molecule is Cc1ccc(Cl)cc1N1CCN(CC2=NC3C(C(=O)NC(=O)N3C)N2Cc2cccc3ccccc23)CC1. The highest BCUT2D eigenvalue weighted by molar-refractivity contribution is 6.30. The number of hydrogen-bond acceptors (Lipinski definition) is 6. The van der Waals surface area contributed by atoms with Crippen molar-refractivity contribution in [3.63, 3.8) is 0 Å². The van der Waals surface area contributed by atoms with Crippen molar-refractivity contribution in [3.8, 4) is 0 Å². The number of nitrogens with zero attached hydrogens (tertiary/aromatic N) is 5. The van der Waals surface area contributed by atoms with Crippen LogP contribution in [0.5, 0.6) is 0 Å². The van der Waals surface area contributed by atoms with Crippen LogP contribution in [0.4, 0.5) is 10.5 Å². The minimum atomic E-state index is -0.554. The minimum Gasteiger partial charge on any atom is -0.369 e. The molecule has 6 rings (SSSR count). The highest BCUT2D eigenvalue weighted by atomic mass is 35.5. The molecule has 2 saturated heterocycles. The molecular formula is C29H31ClN6O2. The number of likely N-dealkylation sites (N-methyl/N-ethyl adjacent to an activating group) is 1. The molecule has 3 aromatic carbocycles. The van der Waals surface area contributed by atoms with Crippen LogP contribution in [0.1, 0.15) is 11.1 Å². The number of carbonyl (C=O) groups is 2. The number of benzene rings is 3.